The molecule has 0 fully saturated rings. The van der Waals surface area contributed by atoms with Crippen molar-refractivity contribution in [2.45, 2.75) is 12.4 Å². The fourth-order valence-corrected chi connectivity index (χ4v) is 2.92. The number of hydrogen-bond donors (Lipinski definition) is 0. The van der Waals surface area contributed by atoms with Crippen molar-refractivity contribution in [1.82, 2.24) is 9.55 Å². The molecule has 3 rings (SSSR count). The second kappa shape index (κ2) is 6.60. The molecule has 3 aromatic rings. The molecule has 0 aliphatic heterocycles. The Kier molecular flexibility index (Phi) is 4.55. The van der Waals surface area contributed by atoms with Crippen LogP contribution in [0.5, 0.6) is 5.75 Å². The molecule has 0 radical (unpaired) electrons. The number of hydrogen-bond acceptors (Lipinski definition) is 3. The van der Waals surface area contributed by atoms with Crippen LogP contribution in [0.2, 0.25) is 5.02 Å². The average Bonchev–Trinajstić information content (AvgIpc) is 2.58. The van der Waals surface area contributed by atoms with E-state index in [0.717, 1.165) is 11.3 Å². The minimum Gasteiger partial charge on any atom is -0.497 e. The van der Waals surface area contributed by atoms with Crippen molar-refractivity contribution in [3.63, 3.8) is 0 Å². The van der Waals surface area contributed by atoms with Crippen LogP contribution in [0.15, 0.2) is 47.5 Å². The number of pyridine rings is 2. The molecule has 0 saturated heterocycles. The van der Waals surface area contributed by atoms with Gasteiger partial charge in [0, 0.05) is 23.3 Å². The Morgan fingerprint density at radius 3 is 2.61 bits per heavy atom. The van der Waals surface area contributed by atoms with Crippen molar-refractivity contribution in [3.05, 3.63) is 69.2 Å². The fourth-order valence-electron chi connectivity index (χ4n) is 2.38. The maximum absolute atomic E-state index is 12.6. The van der Waals surface area contributed by atoms with Gasteiger partial charge in [0.2, 0.25) is 0 Å². The van der Waals surface area contributed by atoms with Gasteiger partial charge < -0.3 is 9.30 Å². The summed E-state index contributed by atoms with van der Waals surface area (Å²) in [5.74, 6) is 1.04. The Morgan fingerprint density at radius 2 is 1.96 bits per heavy atom. The monoisotopic (exact) mass is 348 g/mol. The van der Waals surface area contributed by atoms with E-state index in [1.807, 2.05) is 24.3 Å². The van der Waals surface area contributed by atoms with Gasteiger partial charge in [0.1, 0.15) is 11.3 Å². The van der Waals surface area contributed by atoms with Crippen molar-refractivity contribution in [2.24, 2.45) is 0 Å². The molecular formula is C17H14Cl2N2O2. The predicted octanol–water partition coefficient (Wildman–Crippen LogP) is 3.85. The number of fused-ring (bicyclic) bond motifs is 1. The standard InChI is InChI=1S/C17H14Cl2N2O2/c1-23-13-4-2-11(3-5-13)10-21-7-6-14-15(19)12(8-18)9-20-16(14)17(21)22/h2-7,9H,8,10H2,1H3. The van der Waals surface area contributed by atoms with Gasteiger partial charge in [-0.3, -0.25) is 4.79 Å². The number of alkyl halides is 1. The Bertz CT molecular complexity index is 905. The number of benzene rings is 1. The third-order valence-electron chi connectivity index (χ3n) is 3.66. The number of ether oxygens (including phenoxy) is 1. The van der Waals surface area contributed by atoms with E-state index < -0.39 is 0 Å². The summed E-state index contributed by atoms with van der Waals surface area (Å²) < 4.78 is 6.74. The normalized spacial score (nSPS) is 10.9. The van der Waals surface area contributed by atoms with Crippen molar-refractivity contribution >= 4 is 34.1 Å². The highest BCUT2D eigenvalue weighted by atomic mass is 35.5. The van der Waals surface area contributed by atoms with E-state index in [4.69, 9.17) is 27.9 Å². The molecular weight excluding hydrogens is 335 g/mol. The van der Waals surface area contributed by atoms with E-state index in [9.17, 15) is 4.79 Å². The van der Waals surface area contributed by atoms with Gasteiger partial charge in [0.15, 0.2) is 0 Å². The lowest BCUT2D eigenvalue weighted by Crippen LogP contribution is -2.21. The van der Waals surface area contributed by atoms with Crippen LogP contribution < -0.4 is 10.3 Å². The summed E-state index contributed by atoms with van der Waals surface area (Å²) in [6.45, 7) is 0.454. The van der Waals surface area contributed by atoms with Crippen molar-refractivity contribution in [2.75, 3.05) is 7.11 Å². The van der Waals surface area contributed by atoms with E-state index in [-0.39, 0.29) is 11.4 Å². The zero-order valence-electron chi connectivity index (χ0n) is 12.4. The summed E-state index contributed by atoms with van der Waals surface area (Å²) in [5, 5.41) is 1.11. The summed E-state index contributed by atoms with van der Waals surface area (Å²) in [5.41, 5.74) is 1.88. The zero-order valence-corrected chi connectivity index (χ0v) is 13.9. The molecule has 0 spiro atoms. The van der Waals surface area contributed by atoms with Crippen molar-refractivity contribution < 1.29 is 4.74 Å². The molecule has 23 heavy (non-hydrogen) atoms. The van der Waals surface area contributed by atoms with Crippen molar-refractivity contribution in [1.29, 1.82) is 0 Å². The number of halogens is 2. The molecule has 6 heteroatoms. The van der Waals surface area contributed by atoms with Gasteiger partial charge in [-0.2, -0.15) is 0 Å². The van der Waals surface area contributed by atoms with Gasteiger partial charge in [-0.05, 0) is 23.8 Å². The van der Waals surface area contributed by atoms with Crippen LogP contribution in [-0.2, 0) is 12.4 Å². The van der Waals surface area contributed by atoms with Gasteiger partial charge in [-0.15, -0.1) is 11.6 Å². The molecule has 0 N–H and O–H groups in total. The average molecular weight is 349 g/mol. The van der Waals surface area contributed by atoms with E-state index in [1.165, 1.54) is 0 Å². The number of aromatic nitrogens is 2. The first kappa shape index (κ1) is 15.8. The van der Waals surface area contributed by atoms with Crippen molar-refractivity contribution in [3.8, 4) is 5.75 Å². The Morgan fingerprint density at radius 1 is 1.22 bits per heavy atom. The summed E-state index contributed by atoms with van der Waals surface area (Å²) in [7, 11) is 1.62. The van der Waals surface area contributed by atoms with E-state index in [0.29, 0.717) is 28.0 Å². The smallest absolute Gasteiger partial charge is 0.277 e. The lowest BCUT2D eigenvalue weighted by molar-refractivity contribution is 0.414. The molecule has 0 unspecified atom stereocenters. The van der Waals surface area contributed by atoms with Gasteiger partial charge in [0.05, 0.1) is 24.6 Å². The molecule has 2 heterocycles. The SMILES string of the molecule is COc1ccc(Cn2ccc3c(Cl)c(CCl)cnc3c2=O)cc1. The van der Waals surface area contributed by atoms with E-state index >= 15 is 0 Å². The van der Waals surface area contributed by atoms with Gasteiger partial charge in [0.25, 0.3) is 5.56 Å². The molecule has 2 aromatic heterocycles. The first-order valence-corrected chi connectivity index (χ1v) is 7.90. The highest BCUT2D eigenvalue weighted by molar-refractivity contribution is 6.36. The number of nitrogens with zero attached hydrogens (tertiary/aromatic N) is 2. The summed E-state index contributed by atoms with van der Waals surface area (Å²) in [6.07, 6.45) is 3.28. The molecule has 0 saturated carbocycles. The van der Waals surface area contributed by atoms with Crippen LogP contribution in [0, 0.1) is 0 Å². The van der Waals surface area contributed by atoms with Crippen LogP contribution in [0.25, 0.3) is 10.9 Å². The number of methoxy groups -OCH3 is 1. The van der Waals surface area contributed by atoms with Gasteiger partial charge in [-0.1, -0.05) is 23.7 Å². The van der Waals surface area contributed by atoms with Crippen LogP contribution >= 0.6 is 23.2 Å². The van der Waals surface area contributed by atoms with Gasteiger partial charge >= 0.3 is 0 Å². The summed E-state index contributed by atoms with van der Waals surface area (Å²) >= 11 is 12.1. The lowest BCUT2D eigenvalue weighted by atomic mass is 10.2. The predicted molar refractivity (Wildman–Crippen MR) is 92.7 cm³/mol. The fraction of sp³-hybridized carbons (Fsp3) is 0.176. The number of rotatable bonds is 4. The van der Waals surface area contributed by atoms with Crippen LogP contribution in [-0.4, -0.2) is 16.7 Å². The lowest BCUT2D eigenvalue weighted by Gasteiger charge is -2.09. The van der Waals surface area contributed by atoms with E-state index in [2.05, 4.69) is 4.98 Å². The molecule has 0 amide bonds. The first-order valence-electron chi connectivity index (χ1n) is 6.99. The molecule has 0 aliphatic rings. The van der Waals surface area contributed by atoms with Crippen LogP contribution in [0.4, 0.5) is 0 Å². The third-order valence-corrected chi connectivity index (χ3v) is 4.40. The highest BCUT2D eigenvalue weighted by Gasteiger charge is 2.11. The van der Waals surface area contributed by atoms with Crippen LogP contribution in [0.1, 0.15) is 11.1 Å². The quantitative estimate of drug-likeness (QED) is 0.672. The Labute approximate surface area is 143 Å². The Hall–Kier alpha value is -2.04. The third kappa shape index (κ3) is 3.05. The largest absolute Gasteiger partial charge is 0.497 e. The molecule has 1 aromatic carbocycles. The molecule has 0 aliphatic carbocycles. The topological polar surface area (TPSA) is 44.1 Å². The molecule has 0 atom stereocenters. The summed E-state index contributed by atoms with van der Waals surface area (Å²) in [6, 6.07) is 9.37. The Balaban J connectivity index is 2.02. The minimum absolute atomic E-state index is 0.179. The zero-order chi connectivity index (χ0) is 16.4. The van der Waals surface area contributed by atoms with E-state index in [1.54, 1.807) is 30.1 Å². The molecule has 0 bridgehead atoms. The molecule has 4 nitrogen and oxygen atoms in total. The maximum Gasteiger partial charge on any atom is 0.277 e. The molecule has 118 valence electrons. The minimum atomic E-state index is -0.179. The maximum atomic E-state index is 12.6. The highest BCUT2D eigenvalue weighted by Crippen LogP contribution is 2.25. The van der Waals surface area contributed by atoms with Crippen LogP contribution in [0.3, 0.4) is 0 Å². The first-order chi connectivity index (χ1) is 11.1. The van der Waals surface area contributed by atoms with Gasteiger partial charge in [-0.25, -0.2) is 4.98 Å². The second-order valence-electron chi connectivity index (χ2n) is 5.09. The second-order valence-corrected chi connectivity index (χ2v) is 5.74. The summed E-state index contributed by atoms with van der Waals surface area (Å²) in [4.78, 5) is 16.8.